The van der Waals surface area contributed by atoms with Gasteiger partial charge in [-0.05, 0) is 31.2 Å². The Balaban J connectivity index is 2.01. The van der Waals surface area contributed by atoms with Crippen molar-refractivity contribution in [3.63, 3.8) is 0 Å². The zero-order valence-corrected chi connectivity index (χ0v) is 14.5. The number of carbonyl (C=O) groups is 1. The Bertz CT molecular complexity index is 756. The molecule has 6 heteroatoms. The first-order valence-corrected chi connectivity index (χ1v) is 7.96. The topological polar surface area (TPSA) is 58.6 Å². The standard InChI is InChI=1S/C18H22N4O2/c1-12-19-16-9-10-22(18(23)21(2)3)11-15(16)17(20-12)13-5-7-14(24-4)8-6-13/h5-8H,9-11H2,1-4H3. The van der Waals surface area contributed by atoms with Crippen molar-refractivity contribution in [3.8, 4) is 17.0 Å². The number of hydrogen-bond acceptors (Lipinski definition) is 4. The quantitative estimate of drug-likeness (QED) is 0.851. The average Bonchev–Trinajstić information content (AvgIpc) is 2.60. The number of fused-ring (bicyclic) bond motifs is 1. The van der Waals surface area contributed by atoms with E-state index in [1.807, 2.05) is 36.1 Å². The second-order valence-electron chi connectivity index (χ2n) is 6.12. The van der Waals surface area contributed by atoms with Crippen molar-refractivity contribution in [3.05, 3.63) is 41.3 Å². The van der Waals surface area contributed by atoms with Gasteiger partial charge in [0.15, 0.2) is 0 Å². The fraction of sp³-hybridized carbons (Fsp3) is 0.389. The van der Waals surface area contributed by atoms with Crippen LogP contribution in [0.4, 0.5) is 4.79 Å². The predicted molar refractivity (Wildman–Crippen MR) is 92.0 cm³/mol. The largest absolute Gasteiger partial charge is 0.497 e. The van der Waals surface area contributed by atoms with Crippen LogP contribution in [0, 0.1) is 6.92 Å². The Hall–Kier alpha value is -2.63. The SMILES string of the molecule is COc1ccc(-c2nc(C)nc3c2CN(C(=O)N(C)C)CC3)cc1. The molecule has 0 unspecified atom stereocenters. The fourth-order valence-electron chi connectivity index (χ4n) is 2.97. The van der Waals surface area contributed by atoms with Gasteiger partial charge in [0.1, 0.15) is 11.6 Å². The zero-order chi connectivity index (χ0) is 17.3. The van der Waals surface area contributed by atoms with Gasteiger partial charge in [-0.15, -0.1) is 0 Å². The lowest BCUT2D eigenvalue weighted by Gasteiger charge is -2.31. The molecule has 0 saturated carbocycles. The molecule has 0 fully saturated rings. The number of nitrogens with zero attached hydrogens (tertiary/aromatic N) is 4. The number of aromatic nitrogens is 2. The molecule has 2 aromatic rings. The highest BCUT2D eigenvalue weighted by Crippen LogP contribution is 2.29. The molecule has 0 radical (unpaired) electrons. The lowest BCUT2D eigenvalue weighted by Crippen LogP contribution is -2.42. The Labute approximate surface area is 142 Å². The summed E-state index contributed by atoms with van der Waals surface area (Å²) in [4.78, 5) is 25.0. The highest BCUT2D eigenvalue weighted by Gasteiger charge is 2.26. The summed E-state index contributed by atoms with van der Waals surface area (Å²) in [5.41, 5.74) is 3.98. The molecule has 0 spiro atoms. The second kappa shape index (κ2) is 6.47. The van der Waals surface area contributed by atoms with Gasteiger partial charge in [0.05, 0.1) is 25.0 Å². The third-order valence-electron chi connectivity index (χ3n) is 4.19. The number of rotatable bonds is 2. The summed E-state index contributed by atoms with van der Waals surface area (Å²) in [6.45, 7) is 3.13. The van der Waals surface area contributed by atoms with Gasteiger partial charge in [-0.2, -0.15) is 0 Å². The maximum Gasteiger partial charge on any atom is 0.319 e. The lowest BCUT2D eigenvalue weighted by atomic mass is 9.99. The summed E-state index contributed by atoms with van der Waals surface area (Å²) in [6.07, 6.45) is 0.751. The van der Waals surface area contributed by atoms with Gasteiger partial charge in [-0.3, -0.25) is 0 Å². The maximum absolute atomic E-state index is 12.3. The molecule has 24 heavy (non-hydrogen) atoms. The molecular formula is C18H22N4O2. The van der Waals surface area contributed by atoms with Gasteiger partial charge >= 0.3 is 6.03 Å². The van der Waals surface area contributed by atoms with Crippen LogP contribution < -0.4 is 4.74 Å². The summed E-state index contributed by atoms with van der Waals surface area (Å²) in [5.74, 6) is 1.56. The molecule has 1 aromatic carbocycles. The molecule has 126 valence electrons. The van der Waals surface area contributed by atoms with E-state index in [9.17, 15) is 4.79 Å². The van der Waals surface area contributed by atoms with Gasteiger partial charge in [0.25, 0.3) is 0 Å². The van der Waals surface area contributed by atoms with E-state index in [0.717, 1.165) is 40.5 Å². The zero-order valence-electron chi connectivity index (χ0n) is 14.5. The van der Waals surface area contributed by atoms with Crippen LogP contribution in [0.25, 0.3) is 11.3 Å². The van der Waals surface area contributed by atoms with Crippen LogP contribution in [0.5, 0.6) is 5.75 Å². The Morgan fingerprint density at radius 2 is 1.92 bits per heavy atom. The van der Waals surface area contributed by atoms with Crippen molar-refractivity contribution in [2.45, 2.75) is 19.9 Å². The summed E-state index contributed by atoms with van der Waals surface area (Å²) in [7, 11) is 5.19. The molecule has 0 N–H and O–H groups in total. The summed E-state index contributed by atoms with van der Waals surface area (Å²) in [6, 6.07) is 7.85. The minimum Gasteiger partial charge on any atom is -0.497 e. The van der Waals surface area contributed by atoms with Crippen molar-refractivity contribution >= 4 is 6.03 Å². The van der Waals surface area contributed by atoms with E-state index >= 15 is 0 Å². The first kappa shape index (κ1) is 16.2. The van der Waals surface area contributed by atoms with Crippen LogP contribution >= 0.6 is 0 Å². The molecule has 2 heterocycles. The van der Waals surface area contributed by atoms with Gasteiger partial charge in [0.2, 0.25) is 0 Å². The molecule has 3 rings (SSSR count). The summed E-state index contributed by atoms with van der Waals surface area (Å²) < 4.78 is 5.23. The third kappa shape index (κ3) is 3.04. The maximum atomic E-state index is 12.3. The number of hydrogen-bond donors (Lipinski definition) is 0. The molecule has 0 saturated heterocycles. The van der Waals surface area contributed by atoms with Crippen LogP contribution in [0.15, 0.2) is 24.3 Å². The van der Waals surface area contributed by atoms with E-state index in [4.69, 9.17) is 4.74 Å². The van der Waals surface area contributed by atoms with Crippen molar-refractivity contribution < 1.29 is 9.53 Å². The minimum absolute atomic E-state index is 0.0157. The molecule has 0 bridgehead atoms. The predicted octanol–water partition coefficient (Wildman–Crippen LogP) is 2.50. The van der Waals surface area contributed by atoms with Crippen molar-refractivity contribution in [2.24, 2.45) is 0 Å². The highest BCUT2D eigenvalue weighted by molar-refractivity contribution is 5.75. The number of ether oxygens (including phenoxy) is 1. The summed E-state index contributed by atoms with van der Waals surface area (Å²) in [5, 5.41) is 0. The minimum atomic E-state index is 0.0157. The summed E-state index contributed by atoms with van der Waals surface area (Å²) >= 11 is 0. The van der Waals surface area contributed by atoms with Crippen molar-refractivity contribution in [1.82, 2.24) is 19.8 Å². The first-order valence-electron chi connectivity index (χ1n) is 7.96. The van der Waals surface area contributed by atoms with E-state index in [1.54, 1.807) is 26.1 Å². The number of methoxy groups -OCH3 is 1. The van der Waals surface area contributed by atoms with Crippen LogP contribution in [0.2, 0.25) is 0 Å². The first-order chi connectivity index (χ1) is 11.5. The number of aryl methyl sites for hydroxylation is 1. The molecule has 0 aliphatic carbocycles. The third-order valence-corrected chi connectivity index (χ3v) is 4.19. The van der Waals surface area contributed by atoms with Gasteiger partial charge < -0.3 is 14.5 Å². The molecule has 2 amide bonds. The molecule has 6 nitrogen and oxygen atoms in total. The highest BCUT2D eigenvalue weighted by atomic mass is 16.5. The lowest BCUT2D eigenvalue weighted by molar-refractivity contribution is 0.165. The second-order valence-corrected chi connectivity index (χ2v) is 6.12. The normalized spacial score (nSPS) is 13.4. The van der Waals surface area contributed by atoms with E-state index < -0.39 is 0 Å². The van der Waals surface area contributed by atoms with Crippen LogP contribution in [-0.4, -0.2) is 53.5 Å². The van der Waals surface area contributed by atoms with Gasteiger partial charge in [-0.1, -0.05) is 0 Å². The monoisotopic (exact) mass is 326 g/mol. The van der Waals surface area contributed by atoms with Gasteiger partial charge in [0, 0.05) is 38.2 Å². The van der Waals surface area contributed by atoms with Crippen LogP contribution in [-0.2, 0) is 13.0 Å². The van der Waals surface area contributed by atoms with Crippen molar-refractivity contribution in [1.29, 1.82) is 0 Å². The number of carbonyl (C=O) groups excluding carboxylic acids is 1. The number of benzene rings is 1. The van der Waals surface area contributed by atoms with Gasteiger partial charge in [-0.25, -0.2) is 14.8 Å². The molecule has 1 aliphatic heterocycles. The average molecular weight is 326 g/mol. The van der Waals surface area contributed by atoms with Crippen LogP contribution in [0.3, 0.4) is 0 Å². The van der Waals surface area contributed by atoms with Crippen LogP contribution in [0.1, 0.15) is 17.1 Å². The number of urea groups is 1. The Morgan fingerprint density at radius 1 is 1.21 bits per heavy atom. The molecule has 0 atom stereocenters. The van der Waals surface area contributed by atoms with E-state index in [0.29, 0.717) is 13.1 Å². The van der Waals surface area contributed by atoms with E-state index in [1.165, 1.54) is 0 Å². The molecule has 1 aliphatic rings. The van der Waals surface area contributed by atoms with E-state index in [2.05, 4.69) is 9.97 Å². The fourth-order valence-corrected chi connectivity index (χ4v) is 2.97. The molecule has 1 aromatic heterocycles. The Kier molecular flexibility index (Phi) is 4.38. The molecular weight excluding hydrogens is 304 g/mol. The Morgan fingerprint density at radius 3 is 2.54 bits per heavy atom. The number of amides is 2. The van der Waals surface area contributed by atoms with E-state index in [-0.39, 0.29) is 6.03 Å². The smallest absolute Gasteiger partial charge is 0.319 e. The van der Waals surface area contributed by atoms with Crippen molar-refractivity contribution in [2.75, 3.05) is 27.7 Å².